The molecule has 0 spiro atoms. The van der Waals surface area contributed by atoms with E-state index in [9.17, 15) is 9.59 Å². The zero-order chi connectivity index (χ0) is 19.1. The molecule has 7 nitrogen and oxygen atoms in total. The van der Waals surface area contributed by atoms with Gasteiger partial charge in [-0.3, -0.25) is 9.59 Å². The van der Waals surface area contributed by atoms with Gasteiger partial charge in [0.1, 0.15) is 5.69 Å². The van der Waals surface area contributed by atoms with Crippen LogP contribution in [-0.4, -0.2) is 33.5 Å². The van der Waals surface area contributed by atoms with E-state index in [1.165, 1.54) is 5.56 Å². The fraction of sp³-hybridized carbons (Fsp3) is 0.333. The Bertz CT molecular complexity index is 964. The second kappa shape index (κ2) is 6.60. The fourth-order valence-electron chi connectivity index (χ4n) is 3.16. The lowest BCUT2D eigenvalue weighted by molar-refractivity contribution is -0.112. The summed E-state index contributed by atoms with van der Waals surface area (Å²) in [7, 11) is 1.96. The largest absolute Gasteiger partial charge is 0.347 e. The van der Waals surface area contributed by atoms with Crippen LogP contribution in [0, 0.1) is 6.92 Å². The van der Waals surface area contributed by atoms with Crippen LogP contribution in [-0.2, 0) is 10.2 Å². The van der Waals surface area contributed by atoms with E-state index in [-0.39, 0.29) is 27.8 Å². The van der Waals surface area contributed by atoms with E-state index in [0.29, 0.717) is 0 Å². The van der Waals surface area contributed by atoms with Crippen LogP contribution in [0.25, 0.3) is 0 Å². The van der Waals surface area contributed by atoms with Crippen LogP contribution in [0.4, 0.5) is 5.69 Å². The number of nitrogen functional groups attached to an aromatic ring is 1. The Morgan fingerprint density at radius 2 is 2.00 bits per heavy atom. The number of carbonyl (C=O) groups excluding carboxylic acids is 1. The summed E-state index contributed by atoms with van der Waals surface area (Å²) in [6.07, 6.45) is 1.66. The number of hydrogen-bond acceptors (Lipinski definition) is 7. The second-order valence-electron chi connectivity index (χ2n) is 6.73. The molecule has 2 heterocycles. The first-order chi connectivity index (χ1) is 12.2. The molecular weight excluding hydrogens is 350 g/mol. The zero-order valence-corrected chi connectivity index (χ0v) is 16.0. The van der Waals surface area contributed by atoms with E-state index in [4.69, 9.17) is 5.84 Å². The molecule has 1 aliphatic rings. The van der Waals surface area contributed by atoms with Gasteiger partial charge in [0, 0.05) is 29.9 Å². The van der Waals surface area contributed by atoms with Crippen LogP contribution in [0.1, 0.15) is 25.1 Å². The first-order valence-corrected chi connectivity index (χ1v) is 9.14. The molecule has 0 aliphatic carbocycles. The second-order valence-corrected chi connectivity index (χ2v) is 7.67. The number of rotatable bonds is 4. The summed E-state index contributed by atoms with van der Waals surface area (Å²) in [6, 6.07) is 8.13. The van der Waals surface area contributed by atoms with Crippen molar-refractivity contribution in [3.8, 4) is 0 Å². The molecule has 26 heavy (non-hydrogen) atoms. The molecule has 0 fully saturated rings. The number of benzene rings is 1. The lowest BCUT2D eigenvalue weighted by Crippen LogP contribution is -2.32. The molecule has 1 aromatic heterocycles. The van der Waals surface area contributed by atoms with Crippen LogP contribution in [0.3, 0.4) is 0 Å². The highest BCUT2D eigenvalue weighted by Crippen LogP contribution is 2.46. The molecular formula is C18H21N5O2S. The molecule has 0 saturated heterocycles. The molecule has 0 saturated carbocycles. The lowest BCUT2D eigenvalue weighted by Gasteiger charge is -2.23. The average molecular weight is 371 g/mol. The van der Waals surface area contributed by atoms with E-state index in [0.717, 1.165) is 27.8 Å². The van der Waals surface area contributed by atoms with Crippen LogP contribution in [0.15, 0.2) is 46.0 Å². The van der Waals surface area contributed by atoms with Gasteiger partial charge < -0.3 is 10.7 Å². The van der Waals surface area contributed by atoms with Gasteiger partial charge in [-0.1, -0.05) is 43.8 Å². The molecule has 2 aromatic rings. The molecule has 0 radical (unpaired) electrons. The molecule has 136 valence electrons. The van der Waals surface area contributed by atoms with Gasteiger partial charge in [0.25, 0.3) is 5.56 Å². The molecule has 1 aromatic carbocycles. The molecule has 0 unspecified atom stereocenters. The van der Waals surface area contributed by atoms with Gasteiger partial charge in [0.15, 0.2) is 5.78 Å². The van der Waals surface area contributed by atoms with E-state index in [1.807, 2.05) is 30.1 Å². The number of nitrogens with two attached hydrogens (primary N) is 1. The van der Waals surface area contributed by atoms with Gasteiger partial charge in [0.05, 0.1) is 5.75 Å². The van der Waals surface area contributed by atoms with Gasteiger partial charge in [-0.2, -0.15) is 4.68 Å². The summed E-state index contributed by atoms with van der Waals surface area (Å²) < 4.78 is 0.926. The van der Waals surface area contributed by atoms with Crippen molar-refractivity contribution in [1.82, 2.24) is 14.9 Å². The molecule has 0 bridgehead atoms. The number of para-hydroxylation sites is 1. The van der Waals surface area contributed by atoms with Crippen LogP contribution in [0.5, 0.6) is 0 Å². The van der Waals surface area contributed by atoms with E-state index in [2.05, 4.69) is 30.1 Å². The van der Waals surface area contributed by atoms with Crippen molar-refractivity contribution in [1.29, 1.82) is 0 Å². The van der Waals surface area contributed by atoms with Crippen molar-refractivity contribution >= 4 is 23.2 Å². The Kier molecular flexibility index (Phi) is 4.62. The SMILES string of the molecule is Cc1nnc(SCC(=O)C=C2N(C)c3ccccc3C2(C)C)n(N)c1=O. The lowest BCUT2D eigenvalue weighted by atomic mass is 9.83. The predicted octanol–water partition coefficient (Wildman–Crippen LogP) is 1.63. The molecule has 1 aliphatic heterocycles. The molecule has 0 amide bonds. The number of ketones is 1. The summed E-state index contributed by atoms with van der Waals surface area (Å²) in [6.45, 7) is 5.74. The Morgan fingerprint density at radius 3 is 2.69 bits per heavy atom. The normalized spacial score (nSPS) is 16.8. The van der Waals surface area contributed by atoms with Crippen molar-refractivity contribution in [3.63, 3.8) is 0 Å². The number of aromatic nitrogens is 3. The maximum Gasteiger partial charge on any atom is 0.294 e. The van der Waals surface area contributed by atoms with Crippen LogP contribution >= 0.6 is 11.8 Å². The van der Waals surface area contributed by atoms with Crippen LogP contribution < -0.4 is 16.3 Å². The first-order valence-electron chi connectivity index (χ1n) is 8.16. The Morgan fingerprint density at radius 1 is 1.31 bits per heavy atom. The number of aryl methyl sites for hydroxylation is 1. The number of carbonyl (C=O) groups is 1. The number of nitrogens with zero attached hydrogens (tertiary/aromatic N) is 4. The third-order valence-electron chi connectivity index (χ3n) is 4.60. The third-order valence-corrected chi connectivity index (χ3v) is 5.57. The maximum absolute atomic E-state index is 12.5. The molecule has 2 N–H and O–H groups in total. The zero-order valence-electron chi connectivity index (χ0n) is 15.2. The van der Waals surface area contributed by atoms with Crippen molar-refractivity contribution < 1.29 is 4.79 Å². The van der Waals surface area contributed by atoms with Gasteiger partial charge in [0.2, 0.25) is 5.16 Å². The van der Waals surface area contributed by atoms with Gasteiger partial charge >= 0.3 is 0 Å². The van der Waals surface area contributed by atoms with Crippen molar-refractivity contribution in [2.75, 3.05) is 23.5 Å². The maximum atomic E-state index is 12.5. The minimum atomic E-state index is -0.416. The Balaban J connectivity index is 1.80. The summed E-state index contributed by atoms with van der Waals surface area (Å²) in [4.78, 5) is 26.3. The highest BCUT2D eigenvalue weighted by Gasteiger charge is 2.38. The summed E-state index contributed by atoms with van der Waals surface area (Å²) in [5.41, 5.74) is 2.77. The van der Waals surface area contributed by atoms with E-state index >= 15 is 0 Å². The van der Waals surface area contributed by atoms with E-state index < -0.39 is 5.56 Å². The Hall–Kier alpha value is -2.61. The third kappa shape index (κ3) is 3.01. The van der Waals surface area contributed by atoms with Crippen molar-refractivity contribution in [2.45, 2.75) is 31.3 Å². The summed E-state index contributed by atoms with van der Waals surface area (Å²) in [5, 5.41) is 7.87. The molecule has 8 heteroatoms. The highest BCUT2D eigenvalue weighted by atomic mass is 32.2. The van der Waals surface area contributed by atoms with Gasteiger partial charge in [-0.15, -0.1) is 10.2 Å². The summed E-state index contributed by atoms with van der Waals surface area (Å²) in [5.74, 6) is 5.75. The number of likely N-dealkylation sites (N-methyl/N-ethyl adjacent to an activating group) is 1. The van der Waals surface area contributed by atoms with Gasteiger partial charge in [-0.25, -0.2) is 0 Å². The highest BCUT2D eigenvalue weighted by molar-refractivity contribution is 7.99. The minimum absolute atomic E-state index is 0.0763. The molecule has 3 rings (SSSR count). The van der Waals surface area contributed by atoms with E-state index in [1.54, 1.807) is 13.0 Å². The minimum Gasteiger partial charge on any atom is -0.347 e. The predicted molar refractivity (Wildman–Crippen MR) is 103 cm³/mol. The number of thioether (sulfide) groups is 1. The first kappa shape index (κ1) is 18.2. The Labute approximate surface area is 155 Å². The smallest absolute Gasteiger partial charge is 0.294 e. The molecule has 0 atom stereocenters. The fourth-order valence-corrected chi connectivity index (χ4v) is 3.83. The number of hydrogen-bond donors (Lipinski definition) is 1. The van der Waals surface area contributed by atoms with Crippen molar-refractivity contribution in [3.05, 3.63) is 57.6 Å². The standard InChI is InChI=1S/C18H21N5O2S/c1-11-16(25)23(19)17(21-20-11)26-10-12(24)9-15-18(2,3)13-7-5-6-8-14(13)22(15)4/h5-9H,10,19H2,1-4H3. The van der Waals surface area contributed by atoms with Crippen LogP contribution in [0.2, 0.25) is 0 Å². The number of allylic oxidation sites excluding steroid dienone is 2. The quantitative estimate of drug-likeness (QED) is 0.496. The number of anilines is 1. The number of fused-ring (bicyclic) bond motifs is 1. The average Bonchev–Trinajstić information content (AvgIpc) is 2.80. The summed E-state index contributed by atoms with van der Waals surface area (Å²) >= 11 is 1.10. The topological polar surface area (TPSA) is 94.1 Å². The van der Waals surface area contributed by atoms with Gasteiger partial charge in [-0.05, 0) is 18.6 Å². The van der Waals surface area contributed by atoms with Crippen molar-refractivity contribution in [2.24, 2.45) is 0 Å². The monoisotopic (exact) mass is 371 g/mol.